The maximum Gasteiger partial charge on any atom is 0.254 e. The largest absolute Gasteiger partial charge is 0.467 e. The van der Waals surface area contributed by atoms with Crippen molar-refractivity contribution < 1.29 is 17.6 Å². The Balaban J connectivity index is 1.65. The number of amides is 1. The molecule has 1 aliphatic heterocycles. The molecule has 0 radical (unpaired) electrons. The smallest absolute Gasteiger partial charge is 0.254 e. The standard InChI is InChI=1S/C24H27N3O4S/c1-19-9-10-21(15-23(19)32(29,30)27-12-3-2-4-13-27)24(28)26(18-22-8-6-14-31-22)17-20-7-5-11-25-16-20/h5-11,14-16H,2-4,12-13,17-18H2,1H3. The fourth-order valence-corrected chi connectivity index (χ4v) is 5.71. The molecule has 4 rings (SSSR count). The Morgan fingerprint density at radius 1 is 1.09 bits per heavy atom. The van der Waals surface area contributed by atoms with Gasteiger partial charge >= 0.3 is 0 Å². The lowest BCUT2D eigenvalue weighted by Gasteiger charge is -2.27. The van der Waals surface area contributed by atoms with Crippen LogP contribution < -0.4 is 0 Å². The maximum atomic E-state index is 13.5. The second-order valence-electron chi connectivity index (χ2n) is 8.05. The number of pyridine rings is 1. The van der Waals surface area contributed by atoms with Gasteiger partial charge in [-0.3, -0.25) is 9.78 Å². The molecule has 0 saturated carbocycles. The van der Waals surface area contributed by atoms with E-state index in [1.54, 1.807) is 48.7 Å². The van der Waals surface area contributed by atoms with Crippen molar-refractivity contribution in [2.45, 2.75) is 44.2 Å². The minimum atomic E-state index is -3.65. The number of benzene rings is 1. The van der Waals surface area contributed by atoms with E-state index in [2.05, 4.69) is 4.98 Å². The third kappa shape index (κ3) is 4.92. The fraction of sp³-hybridized carbons (Fsp3) is 0.333. The number of aryl methyl sites for hydroxylation is 1. The van der Waals surface area contributed by atoms with Crippen LogP contribution in [-0.4, -0.2) is 41.6 Å². The zero-order valence-corrected chi connectivity index (χ0v) is 18.9. The minimum absolute atomic E-state index is 0.199. The summed E-state index contributed by atoms with van der Waals surface area (Å²) >= 11 is 0. The highest BCUT2D eigenvalue weighted by molar-refractivity contribution is 7.89. The first-order valence-corrected chi connectivity index (χ1v) is 12.2. The number of rotatable bonds is 7. The van der Waals surface area contributed by atoms with Gasteiger partial charge in [-0.2, -0.15) is 4.31 Å². The Labute approximate surface area is 188 Å². The third-order valence-corrected chi connectivity index (χ3v) is 7.72. The summed E-state index contributed by atoms with van der Waals surface area (Å²) in [6.45, 7) is 3.40. The highest BCUT2D eigenvalue weighted by Crippen LogP contribution is 2.25. The molecule has 3 heterocycles. The van der Waals surface area contributed by atoms with Crippen LogP contribution in [-0.2, 0) is 23.1 Å². The van der Waals surface area contributed by atoms with E-state index in [1.807, 2.05) is 18.2 Å². The van der Waals surface area contributed by atoms with Gasteiger partial charge in [0.25, 0.3) is 5.91 Å². The SMILES string of the molecule is Cc1ccc(C(=O)N(Cc2cccnc2)Cc2ccco2)cc1S(=O)(=O)N1CCCCC1. The number of carbonyl (C=O) groups is 1. The van der Waals surface area contributed by atoms with E-state index in [0.29, 0.717) is 36.5 Å². The first kappa shape index (κ1) is 22.2. The second kappa shape index (κ2) is 9.67. The first-order valence-electron chi connectivity index (χ1n) is 10.8. The molecule has 0 spiro atoms. The summed E-state index contributed by atoms with van der Waals surface area (Å²) in [5, 5.41) is 0. The van der Waals surface area contributed by atoms with Crippen LogP contribution in [0.5, 0.6) is 0 Å². The third-order valence-electron chi connectivity index (χ3n) is 5.68. The molecular formula is C24H27N3O4S. The lowest BCUT2D eigenvalue weighted by Crippen LogP contribution is -2.36. The maximum absolute atomic E-state index is 13.5. The van der Waals surface area contributed by atoms with Crippen molar-refractivity contribution in [3.05, 3.63) is 83.6 Å². The number of furan rings is 1. The molecule has 32 heavy (non-hydrogen) atoms. The molecule has 3 aromatic rings. The average Bonchev–Trinajstić information content (AvgIpc) is 3.33. The van der Waals surface area contributed by atoms with Crippen LogP contribution in [0.2, 0.25) is 0 Å². The number of hydrogen-bond donors (Lipinski definition) is 0. The average molecular weight is 454 g/mol. The van der Waals surface area contributed by atoms with Crippen LogP contribution in [0.1, 0.15) is 46.5 Å². The molecule has 0 bridgehead atoms. The van der Waals surface area contributed by atoms with E-state index in [0.717, 1.165) is 24.8 Å². The summed E-state index contributed by atoms with van der Waals surface area (Å²) < 4.78 is 33.5. The van der Waals surface area contributed by atoms with Gasteiger partial charge in [-0.1, -0.05) is 18.6 Å². The number of piperidine rings is 1. The fourth-order valence-electron chi connectivity index (χ4n) is 3.94. The molecule has 0 unspecified atom stereocenters. The molecule has 0 atom stereocenters. The number of aromatic nitrogens is 1. The molecule has 0 aliphatic carbocycles. The van der Waals surface area contributed by atoms with Gasteiger partial charge in [0.05, 0.1) is 17.7 Å². The van der Waals surface area contributed by atoms with Crippen molar-refractivity contribution >= 4 is 15.9 Å². The molecule has 1 amide bonds. The van der Waals surface area contributed by atoms with Crippen LogP contribution in [0.3, 0.4) is 0 Å². The number of nitrogens with zero attached hydrogens (tertiary/aromatic N) is 3. The Morgan fingerprint density at radius 3 is 2.59 bits per heavy atom. The van der Waals surface area contributed by atoms with E-state index in [1.165, 1.54) is 10.4 Å². The minimum Gasteiger partial charge on any atom is -0.467 e. The lowest BCUT2D eigenvalue weighted by molar-refractivity contribution is 0.0717. The highest BCUT2D eigenvalue weighted by atomic mass is 32.2. The summed E-state index contributed by atoms with van der Waals surface area (Å²) in [4.78, 5) is 19.5. The van der Waals surface area contributed by atoms with Crippen molar-refractivity contribution in [3.63, 3.8) is 0 Å². The Morgan fingerprint density at radius 2 is 1.91 bits per heavy atom. The van der Waals surface area contributed by atoms with E-state index in [-0.39, 0.29) is 17.3 Å². The summed E-state index contributed by atoms with van der Waals surface area (Å²) in [6, 6.07) is 12.2. The normalized spacial score (nSPS) is 14.9. The van der Waals surface area contributed by atoms with Gasteiger partial charge in [0.1, 0.15) is 5.76 Å². The number of hydrogen-bond acceptors (Lipinski definition) is 5. The van der Waals surface area contributed by atoms with Crippen LogP contribution in [0.15, 0.2) is 70.4 Å². The highest BCUT2D eigenvalue weighted by Gasteiger charge is 2.29. The molecule has 7 nitrogen and oxygen atoms in total. The van der Waals surface area contributed by atoms with Crippen LogP contribution >= 0.6 is 0 Å². The molecule has 8 heteroatoms. The van der Waals surface area contributed by atoms with Crippen molar-refractivity contribution in [1.29, 1.82) is 0 Å². The van der Waals surface area contributed by atoms with Crippen molar-refractivity contribution in [3.8, 4) is 0 Å². The van der Waals surface area contributed by atoms with Gasteiger partial charge in [-0.25, -0.2) is 8.42 Å². The Bertz CT molecular complexity index is 1160. The van der Waals surface area contributed by atoms with Crippen molar-refractivity contribution in [2.75, 3.05) is 13.1 Å². The molecule has 2 aromatic heterocycles. The van der Waals surface area contributed by atoms with Gasteiger partial charge in [-0.15, -0.1) is 0 Å². The van der Waals surface area contributed by atoms with Crippen molar-refractivity contribution in [2.24, 2.45) is 0 Å². The molecule has 1 fully saturated rings. The van der Waals surface area contributed by atoms with Gasteiger partial charge in [0.15, 0.2) is 0 Å². The van der Waals surface area contributed by atoms with Crippen LogP contribution in [0, 0.1) is 6.92 Å². The van der Waals surface area contributed by atoms with E-state index in [4.69, 9.17) is 4.42 Å². The summed E-state index contributed by atoms with van der Waals surface area (Å²) in [5.41, 5.74) is 1.85. The predicted octanol–water partition coefficient (Wildman–Crippen LogP) is 4.00. The zero-order valence-electron chi connectivity index (χ0n) is 18.1. The first-order chi connectivity index (χ1) is 15.4. The van der Waals surface area contributed by atoms with E-state index in [9.17, 15) is 13.2 Å². The molecule has 1 aromatic carbocycles. The number of sulfonamides is 1. The van der Waals surface area contributed by atoms with E-state index >= 15 is 0 Å². The molecule has 1 aliphatic rings. The van der Waals surface area contributed by atoms with Crippen LogP contribution in [0.25, 0.3) is 0 Å². The summed E-state index contributed by atoms with van der Waals surface area (Å²) in [7, 11) is -3.65. The van der Waals surface area contributed by atoms with Gasteiger partial charge < -0.3 is 9.32 Å². The summed E-state index contributed by atoms with van der Waals surface area (Å²) in [5.74, 6) is 0.385. The Hall–Kier alpha value is -2.97. The second-order valence-corrected chi connectivity index (χ2v) is 9.95. The predicted molar refractivity (Wildman–Crippen MR) is 120 cm³/mol. The monoisotopic (exact) mass is 453 g/mol. The van der Waals surface area contributed by atoms with Crippen molar-refractivity contribution in [1.82, 2.24) is 14.2 Å². The van der Waals surface area contributed by atoms with Gasteiger partial charge in [-0.05, 0) is 61.2 Å². The summed E-state index contributed by atoms with van der Waals surface area (Å²) in [6.07, 6.45) is 7.72. The topological polar surface area (TPSA) is 83.7 Å². The van der Waals surface area contributed by atoms with Crippen LogP contribution in [0.4, 0.5) is 0 Å². The number of carbonyl (C=O) groups excluding carboxylic acids is 1. The lowest BCUT2D eigenvalue weighted by atomic mass is 10.1. The van der Waals surface area contributed by atoms with Gasteiger partial charge in [0, 0.05) is 37.6 Å². The van der Waals surface area contributed by atoms with E-state index < -0.39 is 10.0 Å². The molecule has 1 saturated heterocycles. The Kier molecular flexibility index (Phi) is 6.72. The van der Waals surface area contributed by atoms with Gasteiger partial charge in [0.2, 0.25) is 10.0 Å². The quantitative estimate of drug-likeness (QED) is 0.540. The molecule has 0 N–H and O–H groups in total. The zero-order chi connectivity index (χ0) is 22.6. The molecule has 168 valence electrons. The molecular weight excluding hydrogens is 426 g/mol.